The van der Waals surface area contributed by atoms with Gasteiger partial charge >= 0.3 is 5.97 Å². The fraction of sp³-hybridized carbons (Fsp3) is 0.0417. The Balaban J connectivity index is 1.38. The van der Waals surface area contributed by atoms with Crippen LogP contribution in [-0.4, -0.2) is 25.2 Å². The van der Waals surface area contributed by atoms with E-state index in [9.17, 15) is 9.59 Å². The molecule has 1 amide bonds. The predicted molar refractivity (Wildman–Crippen MR) is 126 cm³/mol. The van der Waals surface area contributed by atoms with Crippen LogP contribution < -0.4 is 14.9 Å². The number of carbonyl (C=O) groups excluding carboxylic acids is 2. The molecule has 0 bridgehead atoms. The molecule has 1 aromatic heterocycles. The largest absolute Gasteiger partial charge is 0.497 e. The Hall–Kier alpha value is -3.68. The van der Waals surface area contributed by atoms with Crippen molar-refractivity contribution in [1.29, 1.82) is 0 Å². The molecule has 8 heteroatoms. The number of carbonyl (C=O) groups is 2. The quantitative estimate of drug-likeness (QED) is 0.176. The highest BCUT2D eigenvalue weighted by Gasteiger charge is 2.17. The molecule has 0 radical (unpaired) electrons. The van der Waals surface area contributed by atoms with E-state index >= 15 is 0 Å². The summed E-state index contributed by atoms with van der Waals surface area (Å²) in [6, 6.07) is 20.9. The highest BCUT2D eigenvalue weighted by Crippen LogP contribution is 2.37. The zero-order valence-corrected chi connectivity index (χ0v) is 18.4. The molecule has 4 aromatic rings. The second-order valence-electron chi connectivity index (χ2n) is 6.63. The summed E-state index contributed by atoms with van der Waals surface area (Å²) < 4.78 is 11.4. The number of esters is 1. The molecule has 0 aliphatic heterocycles. The third-order valence-corrected chi connectivity index (χ3v) is 6.18. The standard InChI is InChI=1S/C24H17ClN2O4S/c1-30-18-11-12-19-20(13-18)32-22(21(19)25)23(28)27-26-14-15-7-9-17(10-8-15)31-24(29)16-5-3-2-4-6-16/h2-14H,1H3,(H,27,28)/b26-14+. The lowest BCUT2D eigenvalue weighted by molar-refractivity contribution is 0.0734. The number of hydrazone groups is 1. The molecular weight excluding hydrogens is 448 g/mol. The number of amides is 1. The zero-order chi connectivity index (χ0) is 22.5. The van der Waals surface area contributed by atoms with Gasteiger partial charge in [0.05, 0.1) is 23.9 Å². The molecule has 3 aromatic carbocycles. The van der Waals surface area contributed by atoms with Gasteiger partial charge in [0.25, 0.3) is 5.91 Å². The van der Waals surface area contributed by atoms with Crippen LogP contribution in [0.4, 0.5) is 0 Å². The molecule has 160 valence electrons. The minimum Gasteiger partial charge on any atom is -0.497 e. The molecule has 1 heterocycles. The molecule has 1 N–H and O–H groups in total. The zero-order valence-electron chi connectivity index (χ0n) is 16.9. The van der Waals surface area contributed by atoms with Gasteiger partial charge in [-0.2, -0.15) is 5.10 Å². The van der Waals surface area contributed by atoms with Crippen molar-refractivity contribution < 1.29 is 19.1 Å². The minimum atomic E-state index is -0.433. The van der Waals surface area contributed by atoms with Crippen LogP contribution >= 0.6 is 22.9 Å². The molecule has 0 aliphatic rings. The molecule has 0 saturated heterocycles. The van der Waals surface area contributed by atoms with Crippen molar-refractivity contribution in [3.63, 3.8) is 0 Å². The number of hydrogen-bond acceptors (Lipinski definition) is 6. The molecule has 6 nitrogen and oxygen atoms in total. The van der Waals surface area contributed by atoms with E-state index in [2.05, 4.69) is 10.5 Å². The summed E-state index contributed by atoms with van der Waals surface area (Å²) in [6.45, 7) is 0. The molecule has 0 atom stereocenters. The van der Waals surface area contributed by atoms with Crippen LogP contribution in [0.15, 0.2) is 77.9 Å². The van der Waals surface area contributed by atoms with Gasteiger partial charge in [-0.3, -0.25) is 4.79 Å². The average molecular weight is 465 g/mol. The molecule has 0 saturated carbocycles. The smallest absolute Gasteiger partial charge is 0.343 e. The summed E-state index contributed by atoms with van der Waals surface area (Å²) in [4.78, 5) is 25.0. The number of benzene rings is 3. The Labute approximate surface area is 193 Å². The monoisotopic (exact) mass is 464 g/mol. The highest BCUT2D eigenvalue weighted by atomic mass is 35.5. The third-order valence-electron chi connectivity index (χ3n) is 4.52. The van der Waals surface area contributed by atoms with Crippen LogP contribution in [0.1, 0.15) is 25.6 Å². The molecule has 0 spiro atoms. The van der Waals surface area contributed by atoms with Crippen LogP contribution in [0.3, 0.4) is 0 Å². The summed E-state index contributed by atoms with van der Waals surface area (Å²) in [7, 11) is 1.58. The molecule has 0 unspecified atom stereocenters. The maximum Gasteiger partial charge on any atom is 0.343 e. The van der Waals surface area contributed by atoms with Crippen LogP contribution in [0, 0.1) is 0 Å². The van der Waals surface area contributed by atoms with E-state index < -0.39 is 11.9 Å². The fourth-order valence-corrected chi connectivity index (χ4v) is 4.33. The molecule has 0 aliphatic carbocycles. The number of nitrogens with one attached hydrogen (secondary N) is 1. The Morgan fingerprint density at radius 1 is 1.00 bits per heavy atom. The van der Waals surface area contributed by atoms with Gasteiger partial charge in [0.2, 0.25) is 0 Å². The summed E-state index contributed by atoms with van der Waals surface area (Å²) in [5.74, 6) is 0.266. The Kier molecular flexibility index (Phi) is 6.49. The number of ether oxygens (including phenoxy) is 2. The van der Waals surface area contributed by atoms with Gasteiger partial charge in [0.1, 0.15) is 16.4 Å². The van der Waals surface area contributed by atoms with Gasteiger partial charge in [0.15, 0.2) is 0 Å². The number of halogens is 1. The van der Waals surface area contributed by atoms with E-state index in [0.717, 1.165) is 15.6 Å². The molecular formula is C24H17ClN2O4S. The first kappa shape index (κ1) is 21.5. The first-order valence-corrected chi connectivity index (χ1v) is 10.7. The first-order valence-electron chi connectivity index (χ1n) is 9.52. The van der Waals surface area contributed by atoms with E-state index in [1.165, 1.54) is 17.6 Å². The Bertz CT molecular complexity index is 1300. The molecule has 4 rings (SSSR count). The van der Waals surface area contributed by atoms with Gasteiger partial charge < -0.3 is 9.47 Å². The summed E-state index contributed by atoms with van der Waals surface area (Å²) >= 11 is 7.63. The van der Waals surface area contributed by atoms with Crippen molar-refractivity contribution in [2.75, 3.05) is 7.11 Å². The summed E-state index contributed by atoms with van der Waals surface area (Å²) in [6.07, 6.45) is 1.49. The van der Waals surface area contributed by atoms with Crippen molar-refractivity contribution >= 4 is 51.1 Å². The highest BCUT2D eigenvalue weighted by molar-refractivity contribution is 7.21. The van der Waals surface area contributed by atoms with Gasteiger partial charge in [-0.25, -0.2) is 10.2 Å². The van der Waals surface area contributed by atoms with E-state index in [1.54, 1.807) is 61.7 Å². The van der Waals surface area contributed by atoms with Crippen LogP contribution in [0.5, 0.6) is 11.5 Å². The predicted octanol–water partition coefficient (Wildman–Crippen LogP) is 5.55. The Morgan fingerprint density at radius 2 is 1.72 bits per heavy atom. The summed E-state index contributed by atoms with van der Waals surface area (Å²) in [5, 5.41) is 5.16. The van der Waals surface area contributed by atoms with Gasteiger partial charge in [0, 0.05) is 10.1 Å². The van der Waals surface area contributed by atoms with E-state index in [-0.39, 0.29) is 0 Å². The number of hydrogen-bond donors (Lipinski definition) is 1. The summed E-state index contributed by atoms with van der Waals surface area (Å²) in [5.41, 5.74) is 3.68. The van der Waals surface area contributed by atoms with Gasteiger partial charge in [-0.1, -0.05) is 29.8 Å². The van der Waals surface area contributed by atoms with Crippen LogP contribution in [-0.2, 0) is 0 Å². The number of fused-ring (bicyclic) bond motifs is 1. The Morgan fingerprint density at radius 3 is 2.44 bits per heavy atom. The van der Waals surface area contributed by atoms with Crippen molar-refractivity contribution in [3.05, 3.63) is 93.8 Å². The average Bonchev–Trinajstić information content (AvgIpc) is 3.16. The molecule has 0 fully saturated rings. The second-order valence-corrected chi connectivity index (χ2v) is 8.06. The van der Waals surface area contributed by atoms with Gasteiger partial charge in [-0.15, -0.1) is 11.3 Å². The molecule has 32 heavy (non-hydrogen) atoms. The van der Waals surface area contributed by atoms with Crippen molar-refractivity contribution in [2.45, 2.75) is 0 Å². The van der Waals surface area contributed by atoms with E-state index in [1.807, 2.05) is 18.2 Å². The second kappa shape index (κ2) is 9.64. The maximum atomic E-state index is 12.5. The fourth-order valence-electron chi connectivity index (χ4n) is 2.90. The van der Waals surface area contributed by atoms with E-state index in [4.69, 9.17) is 21.1 Å². The van der Waals surface area contributed by atoms with Crippen molar-refractivity contribution in [2.24, 2.45) is 5.10 Å². The topological polar surface area (TPSA) is 77.0 Å². The van der Waals surface area contributed by atoms with Crippen LogP contribution in [0.25, 0.3) is 10.1 Å². The first-order chi connectivity index (χ1) is 15.5. The number of rotatable bonds is 6. The van der Waals surface area contributed by atoms with Crippen LogP contribution in [0.2, 0.25) is 5.02 Å². The maximum absolute atomic E-state index is 12.5. The number of thiophene rings is 1. The lowest BCUT2D eigenvalue weighted by Gasteiger charge is -2.04. The van der Waals surface area contributed by atoms with Crippen molar-refractivity contribution in [3.8, 4) is 11.5 Å². The number of methoxy groups -OCH3 is 1. The SMILES string of the molecule is COc1ccc2c(Cl)c(C(=O)N/N=C/c3ccc(OC(=O)c4ccccc4)cc3)sc2c1. The van der Waals surface area contributed by atoms with Gasteiger partial charge in [-0.05, 0) is 60.2 Å². The number of nitrogens with zero attached hydrogens (tertiary/aromatic N) is 1. The lowest BCUT2D eigenvalue weighted by atomic mass is 10.2. The van der Waals surface area contributed by atoms with Crippen molar-refractivity contribution in [1.82, 2.24) is 5.43 Å². The van der Waals surface area contributed by atoms with E-state index in [0.29, 0.717) is 27.0 Å². The normalized spacial score (nSPS) is 10.9. The third kappa shape index (κ3) is 4.80. The lowest BCUT2D eigenvalue weighted by Crippen LogP contribution is -2.16. The minimum absolute atomic E-state index is 0.371.